The summed E-state index contributed by atoms with van der Waals surface area (Å²) in [4.78, 5) is 38.9. The molecular formula is C28H30N3O8P. The van der Waals surface area contributed by atoms with E-state index in [1.165, 1.54) is 29.8 Å². The van der Waals surface area contributed by atoms with Gasteiger partial charge in [0.1, 0.15) is 18.4 Å². The maximum atomic E-state index is 14.1. The molecular weight excluding hydrogens is 537 g/mol. The first-order chi connectivity index (χ1) is 18.9. The van der Waals surface area contributed by atoms with Crippen molar-refractivity contribution in [1.82, 2.24) is 14.6 Å². The minimum absolute atomic E-state index is 0.254. The molecule has 2 N–H and O–H groups in total. The molecule has 12 heteroatoms. The van der Waals surface area contributed by atoms with Crippen LogP contribution in [0.1, 0.15) is 32.6 Å². The fourth-order valence-electron chi connectivity index (χ4n) is 3.96. The predicted octanol–water partition coefficient (Wildman–Crippen LogP) is 3.59. The summed E-state index contributed by atoms with van der Waals surface area (Å²) in [7, 11) is -4.30. The zero-order valence-corrected chi connectivity index (χ0v) is 23.3. The highest BCUT2D eigenvalue weighted by Crippen LogP contribution is 2.48. The van der Waals surface area contributed by atoms with Gasteiger partial charge in [-0.05, 0) is 51.3 Å². The Morgan fingerprint density at radius 3 is 2.67 bits per heavy atom. The molecule has 0 amide bonds. The number of aryl methyl sites for hydroxylation is 1. The molecule has 0 bridgehead atoms. The van der Waals surface area contributed by atoms with E-state index in [-0.39, 0.29) is 5.75 Å². The maximum Gasteiger partial charge on any atom is 0.459 e. The number of nitrogens with one attached hydrogen (secondary N) is 2. The van der Waals surface area contributed by atoms with E-state index >= 15 is 0 Å². The van der Waals surface area contributed by atoms with Crippen LogP contribution in [0.2, 0.25) is 0 Å². The Morgan fingerprint density at radius 1 is 1.23 bits per heavy atom. The molecule has 2 aromatic carbocycles. The largest absolute Gasteiger partial charge is 0.462 e. The molecule has 0 radical (unpaired) electrons. The second kappa shape index (κ2) is 11.7. The highest BCUT2D eigenvalue weighted by atomic mass is 31.2. The molecule has 11 nitrogen and oxygen atoms in total. The average molecular weight is 568 g/mol. The zero-order chi connectivity index (χ0) is 29.1. The van der Waals surface area contributed by atoms with Gasteiger partial charge in [0.25, 0.3) is 5.56 Å². The van der Waals surface area contributed by atoms with Crippen molar-refractivity contribution in [3.8, 4) is 18.1 Å². The first kappa shape index (κ1) is 29.1. The number of aromatic nitrogens is 2. The molecule has 1 aliphatic heterocycles. The topological polar surface area (TPSA) is 138 Å². The van der Waals surface area contributed by atoms with Gasteiger partial charge in [-0.3, -0.25) is 23.7 Å². The van der Waals surface area contributed by atoms with Gasteiger partial charge in [-0.1, -0.05) is 42.3 Å². The van der Waals surface area contributed by atoms with Gasteiger partial charge in [0.15, 0.2) is 11.8 Å². The van der Waals surface area contributed by atoms with Gasteiger partial charge in [0.2, 0.25) is 0 Å². The average Bonchev–Trinajstić information content (AvgIpc) is 3.34. The number of carbonyl (C=O) groups excluding carboxylic acids is 1. The van der Waals surface area contributed by atoms with E-state index < -0.39 is 55.5 Å². The van der Waals surface area contributed by atoms with Gasteiger partial charge in [-0.25, -0.2) is 9.36 Å². The standard InChI is InChI=1S/C28H30N3O8P/c1-6-28(15-14-24(38-28)31-16-19(4)25(32)29-27(31)34)17-36-40(35,30-20(5)26(33)37-18(2)3)39-23-13-9-11-21-10-7-8-12-22(21)23/h1,7-16,18,20,24H,17H2,2-5H3,(H,30,35)(H,29,32,34)/t20-,24+,28-,40-/m0/s1. The van der Waals surface area contributed by atoms with Gasteiger partial charge in [0.05, 0.1) is 6.10 Å². The summed E-state index contributed by atoms with van der Waals surface area (Å²) in [6, 6.07) is 11.5. The molecule has 0 spiro atoms. The number of rotatable bonds is 10. The van der Waals surface area contributed by atoms with Crippen LogP contribution >= 0.6 is 7.75 Å². The van der Waals surface area contributed by atoms with Gasteiger partial charge < -0.3 is 14.0 Å². The summed E-state index contributed by atoms with van der Waals surface area (Å²) in [6.07, 6.45) is 8.79. The molecule has 0 fully saturated rings. The lowest BCUT2D eigenvalue weighted by atomic mass is 10.1. The third kappa shape index (κ3) is 6.43. The Kier molecular flexibility index (Phi) is 8.47. The highest BCUT2D eigenvalue weighted by Gasteiger charge is 2.41. The summed E-state index contributed by atoms with van der Waals surface area (Å²) in [5, 5.41) is 4.15. The van der Waals surface area contributed by atoms with E-state index in [1.807, 2.05) is 24.3 Å². The van der Waals surface area contributed by atoms with Crippen LogP contribution in [0.15, 0.2) is 70.4 Å². The molecule has 0 saturated heterocycles. The summed E-state index contributed by atoms with van der Waals surface area (Å²) >= 11 is 0. The van der Waals surface area contributed by atoms with Crippen LogP contribution in [0.25, 0.3) is 10.8 Å². The van der Waals surface area contributed by atoms with Crippen molar-refractivity contribution in [3.05, 3.63) is 87.2 Å². The molecule has 3 aromatic rings. The minimum atomic E-state index is -4.30. The van der Waals surface area contributed by atoms with Crippen molar-refractivity contribution in [2.45, 2.75) is 51.7 Å². The summed E-state index contributed by atoms with van der Waals surface area (Å²) < 4.78 is 38.2. The fourth-order valence-corrected chi connectivity index (χ4v) is 5.50. The van der Waals surface area contributed by atoms with Crippen LogP contribution in [-0.4, -0.2) is 39.9 Å². The number of ether oxygens (including phenoxy) is 2. The summed E-state index contributed by atoms with van der Waals surface area (Å²) in [6.45, 7) is 5.94. The van der Waals surface area contributed by atoms with Gasteiger partial charge in [0, 0.05) is 17.1 Å². The highest BCUT2D eigenvalue weighted by molar-refractivity contribution is 7.52. The Bertz CT molecular complexity index is 1650. The monoisotopic (exact) mass is 567 g/mol. The number of H-pyrrole nitrogens is 1. The number of carbonyl (C=O) groups is 1. The number of nitrogens with zero attached hydrogens (tertiary/aromatic N) is 1. The summed E-state index contributed by atoms with van der Waals surface area (Å²) in [5.41, 5.74) is -2.46. The van der Waals surface area contributed by atoms with E-state index in [1.54, 1.807) is 39.0 Å². The molecule has 1 aliphatic rings. The second-order valence-electron chi connectivity index (χ2n) is 9.56. The van der Waals surface area contributed by atoms with Crippen molar-refractivity contribution in [1.29, 1.82) is 0 Å². The zero-order valence-electron chi connectivity index (χ0n) is 22.5. The van der Waals surface area contributed by atoms with Crippen LogP contribution in [0.4, 0.5) is 0 Å². The lowest BCUT2D eigenvalue weighted by Gasteiger charge is -2.28. The maximum absolute atomic E-state index is 14.1. The number of hydrogen-bond donors (Lipinski definition) is 2. The number of terminal acetylenes is 1. The van der Waals surface area contributed by atoms with Gasteiger partial charge in [-0.2, -0.15) is 5.09 Å². The van der Waals surface area contributed by atoms with E-state index in [4.69, 9.17) is 24.9 Å². The minimum Gasteiger partial charge on any atom is -0.462 e. The van der Waals surface area contributed by atoms with E-state index in [0.29, 0.717) is 10.9 Å². The van der Waals surface area contributed by atoms with Crippen molar-refractivity contribution in [2.24, 2.45) is 0 Å². The Morgan fingerprint density at radius 2 is 1.95 bits per heavy atom. The lowest BCUT2D eigenvalue weighted by molar-refractivity contribution is -0.149. The third-order valence-corrected chi connectivity index (χ3v) is 7.61. The van der Waals surface area contributed by atoms with Crippen molar-refractivity contribution in [3.63, 3.8) is 0 Å². The molecule has 210 valence electrons. The van der Waals surface area contributed by atoms with Gasteiger partial charge in [-0.15, -0.1) is 6.42 Å². The molecule has 0 saturated carbocycles. The van der Waals surface area contributed by atoms with Crippen molar-refractivity contribution in [2.75, 3.05) is 6.61 Å². The normalized spacial score (nSPS) is 20.6. The van der Waals surface area contributed by atoms with Gasteiger partial charge >= 0.3 is 19.4 Å². The Labute approximate surface area is 230 Å². The number of hydrogen-bond acceptors (Lipinski definition) is 8. The lowest BCUT2D eigenvalue weighted by Crippen LogP contribution is -2.39. The fraction of sp³-hybridized carbons (Fsp3) is 0.321. The van der Waals surface area contributed by atoms with E-state index in [2.05, 4.69) is 16.0 Å². The molecule has 4 rings (SSSR count). The van der Waals surface area contributed by atoms with Crippen molar-refractivity contribution >= 4 is 24.5 Å². The smallest absolute Gasteiger partial charge is 0.459 e. The number of esters is 1. The van der Waals surface area contributed by atoms with Crippen LogP contribution in [0, 0.1) is 19.3 Å². The predicted molar refractivity (Wildman–Crippen MR) is 149 cm³/mol. The third-order valence-electron chi connectivity index (χ3n) is 6.00. The molecule has 0 aliphatic carbocycles. The molecule has 2 heterocycles. The quantitative estimate of drug-likeness (QED) is 0.163. The van der Waals surface area contributed by atoms with Crippen LogP contribution < -0.4 is 20.9 Å². The molecule has 1 aromatic heterocycles. The Hall–Kier alpha value is -3.94. The molecule has 0 unspecified atom stereocenters. The van der Waals surface area contributed by atoms with Crippen LogP contribution in [0.5, 0.6) is 5.75 Å². The van der Waals surface area contributed by atoms with Crippen LogP contribution in [-0.2, 0) is 23.4 Å². The van der Waals surface area contributed by atoms with Crippen LogP contribution in [0.3, 0.4) is 0 Å². The number of benzene rings is 2. The second-order valence-corrected chi connectivity index (χ2v) is 11.2. The van der Waals surface area contributed by atoms with E-state index in [9.17, 15) is 18.9 Å². The Balaban J connectivity index is 1.60. The first-order valence-electron chi connectivity index (χ1n) is 12.5. The van der Waals surface area contributed by atoms with E-state index in [0.717, 1.165) is 5.39 Å². The molecule has 4 atom stereocenters. The number of aromatic amines is 1. The van der Waals surface area contributed by atoms with Crippen molar-refractivity contribution < 1.29 is 27.9 Å². The SMILES string of the molecule is C#C[C@@]1(CO[P@@](=O)(N[C@@H](C)C(=O)OC(C)C)Oc2cccc3ccccc23)C=C[C@H](n2cc(C)c(=O)[nH]c2=O)O1. The first-order valence-corrected chi connectivity index (χ1v) is 14.1. The number of fused-ring (bicyclic) bond motifs is 1. The molecule has 40 heavy (non-hydrogen) atoms. The summed E-state index contributed by atoms with van der Waals surface area (Å²) in [5.74, 6) is 2.07.